The number of imide groups is 1. The van der Waals surface area contributed by atoms with Crippen LogP contribution >= 0.6 is 11.8 Å². The van der Waals surface area contributed by atoms with Crippen molar-refractivity contribution in [2.75, 3.05) is 0 Å². The van der Waals surface area contributed by atoms with Crippen molar-refractivity contribution in [2.24, 2.45) is 0 Å². The number of aromatic nitrogens is 1. The van der Waals surface area contributed by atoms with E-state index < -0.39 is 22.9 Å². The first-order valence-electron chi connectivity index (χ1n) is 6.44. The summed E-state index contributed by atoms with van der Waals surface area (Å²) in [7, 11) is 0. The van der Waals surface area contributed by atoms with Crippen LogP contribution in [0.4, 0.5) is 18.0 Å². The topological polar surface area (TPSA) is 51.1 Å². The summed E-state index contributed by atoms with van der Waals surface area (Å²) in [5.41, 5.74) is 0.0496. The third kappa shape index (κ3) is 3.16. The fourth-order valence-corrected chi connectivity index (χ4v) is 2.80. The average molecular weight is 338 g/mol. The highest BCUT2D eigenvalue weighted by Crippen LogP contribution is 2.31. The maximum absolute atomic E-state index is 12.8. The normalized spacial score (nSPS) is 16.9. The summed E-state index contributed by atoms with van der Waals surface area (Å²) in [6, 6.07) is 8.15. The number of halogens is 3. The Kier molecular flexibility index (Phi) is 3.77. The number of carbonyl (C=O) groups excluding carboxylic acids is 2. The fourth-order valence-electron chi connectivity index (χ4n) is 2.13. The van der Waals surface area contributed by atoms with Gasteiger partial charge < -0.3 is 4.57 Å². The molecule has 2 aromatic rings. The zero-order valence-corrected chi connectivity index (χ0v) is 12.2. The van der Waals surface area contributed by atoms with Gasteiger partial charge in [-0.25, -0.2) is 0 Å². The Hall–Kier alpha value is -2.48. The van der Waals surface area contributed by atoms with E-state index in [1.807, 2.05) is 0 Å². The molecule has 1 fully saturated rings. The molecule has 1 aliphatic heterocycles. The largest absolute Gasteiger partial charge is 0.416 e. The van der Waals surface area contributed by atoms with Crippen molar-refractivity contribution in [1.29, 1.82) is 0 Å². The molecule has 1 aliphatic rings. The average Bonchev–Trinajstić information content (AvgIpc) is 3.05. The van der Waals surface area contributed by atoms with Gasteiger partial charge in [0.15, 0.2) is 0 Å². The van der Waals surface area contributed by atoms with Gasteiger partial charge in [-0.15, -0.1) is 0 Å². The zero-order valence-electron chi connectivity index (χ0n) is 11.4. The Morgan fingerprint density at radius 1 is 1.13 bits per heavy atom. The van der Waals surface area contributed by atoms with Gasteiger partial charge in [0.25, 0.3) is 11.1 Å². The lowest BCUT2D eigenvalue weighted by atomic mass is 10.2. The first-order valence-corrected chi connectivity index (χ1v) is 7.26. The summed E-state index contributed by atoms with van der Waals surface area (Å²) in [5, 5.41) is 1.65. The van der Waals surface area contributed by atoms with E-state index in [2.05, 4.69) is 5.32 Å². The van der Waals surface area contributed by atoms with Crippen LogP contribution in [0.15, 0.2) is 47.5 Å². The van der Waals surface area contributed by atoms with Gasteiger partial charge >= 0.3 is 6.18 Å². The van der Waals surface area contributed by atoms with Crippen molar-refractivity contribution in [1.82, 2.24) is 9.88 Å². The molecule has 1 aromatic heterocycles. The summed E-state index contributed by atoms with van der Waals surface area (Å²) in [6.07, 6.45) is -1.39. The molecular weight excluding hydrogens is 329 g/mol. The van der Waals surface area contributed by atoms with Crippen LogP contribution in [0.5, 0.6) is 0 Å². The highest BCUT2D eigenvalue weighted by atomic mass is 32.2. The molecular formula is C15H9F3N2O2S. The Morgan fingerprint density at radius 2 is 1.91 bits per heavy atom. The number of alkyl halides is 3. The molecule has 0 saturated carbocycles. The lowest BCUT2D eigenvalue weighted by Gasteiger charge is -2.11. The predicted octanol–water partition coefficient (Wildman–Crippen LogP) is 3.82. The van der Waals surface area contributed by atoms with Crippen molar-refractivity contribution >= 4 is 29.0 Å². The molecule has 1 N–H and O–H groups in total. The third-order valence-electron chi connectivity index (χ3n) is 3.15. The molecule has 2 amide bonds. The quantitative estimate of drug-likeness (QED) is 0.847. The first kappa shape index (κ1) is 15.4. The number of hydrogen-bond acceptors (Lipinski definition) is 3. The van der Waals surface area contributed by atoms with E-state index in [1.165, 1.54) is 22.8 Å². The standard InChI is InChI=1S/C15H9F3N2O2S/c16-15(17,18)9-3-1-4-10(7-9)20-6-2-5-11(20)8-12-13(21)19-14(22)23-12/h1-8H,(H,19,21,22)/b12-8+. The lowest BCUT2D eigenvalue weighted by molar-refractivity contribution is -0.137. The third-order valence-corrected chi connectivity index (χ3v) is 3.96. The summed E-state index contributed by atoms with van der Waals surface area (Å²) >= 11 is 0.751. The van der Waals surface area contributed by atoms with Gasteiger partial charge in [0.05, 0.1) is 10.5 Å². The summed E-state index contributed by atoms with van der Waals surface area (Å²) in [4.78, 5) is 22.9. The minimum absolute atomic E-state index is 0.196. The molecule has 1 aromatic carbocycles. The lowest BCUT2D eigenvalue weighted by Crippen LogP contribution is -2.17. The molecule has 118 valence electrons. The molecule has 0 atom stereocenters. The Labute approximate surface area is 133 Å². The maximum Gasteiger partial charge on any atom is 0.416 e. The van der Waals surface area contributed by atoms with E-state index in [-0.39, 0.29) is 4.91 Å². The number of rotatable bonds is 2. The van der Waals surface area contributed by atoms with Crippen molar-refractivity contribution in [2.45, 2.75) is 6.18 Å². The molecule has 0 bridgehead atoms. The van der Waals surface area contributed by atoms with E-state index in [0.29, 0.717) is 11.4 Å². The molecule has 4 nitrogen and oxygen atoms in total. The predicted molar refractivity (Wildman–Crippen MR) is 79.9 cm³/mol. The van der Waals surface area contributed by atoms with Crippen LogP contribution in [0, 0.1) is 0 Å². The van der Waals surface area contributed by atoms with E-state index in [0.717, 1.165) is 23.9 Å². The fraction of sp³-hybridized carbons (Fsp3) is 0.0667. The van der Waals surface area contributed by atoms with Crippen molar-refractivity contribution in [3.8, 4) is 5.69 Å². The summed E-state index contributed by atoms with van der Waals surface area (Å²) in [6.45, 7) is 0. The molecule has 3 rings (SSSR count). The molecule has 2 heterocycles. The maximum atomic E-state index is 12.8. The van der Waals surface area contributed by atoms with Crippen molar-refractivity contribution in [3.05, 3.63) is 58.8 Å². The second kappa shape index (κ2) is 5.62. The second-order valence-electron chi connectivity index (χ2n) is 4.70. The number of hydrogen-bond donors (Lipinski definition) is 1. The van der Waals surface area contributed by atoms with Crippen LogP contribution in [-0.4, -0.2) is 15.7 Å². The van der Waals surface area contributed by atoms with Crippen LogP contribution in [0.1, 0.15) is 11.3 Å². The molecule has 1 saturated heterocycles. The Bertz CT molecular complexity index is 824. The Morgan fingerprint density at radius 3 is 2.57 bits per heavy atom. The molecule has 8 heteroatoms. The van der Waals surface area contributed by atoms with Crippen LogP contribution in [0.2, 0.25) is 0 Å². The second-order valence-corrected chi connectivity index (χ2v) is 5.72. The first-order chi connectivity index (χ1) is 10.8. The SMILES string of the molecule is O=C1NC(=O)/C(=C\c2cccn2-c2cccc(C(F)(F)F)c2)S1. The molecule has 0 unspecified atom stereocenters. The van der Waals surface area contributed by atoms with Gasteiger partial charge in [-0.05, 0) is 48.2 Å². The van der Waals surface area contributed by atoms with Crippen LogP contribution < -0.4 is 5.32 Å². The van der Waals surface area contributed by atoms with Crippen LogP contribution in [0.3, 0.4) is 0 Å². The van der Waals surface area contributed by atoms with Gasteiger partial charge in [-0.2, -0.15) is 13.2 Å². The monoisotopic (exact) mass is 338 g/mol. The Balaban J connectivity index is 2.01. The molecule has 0 spiro atoms. The van der Waals surface area contributed by atoms with Gasteiger partial charge in [0.2, 0.25) is 0 Å². The molecule has 0 radical (unpaired) electrons. The van der Waals surface area contributed by atoms with Crippen molar-refractivity contribution < 1.29 is 22.8 Å². The number of thioether (sulfide) groups is 1. The number of benzene rings is 1. The highest BCUT2D eigenvalue weighted by molar-refractivity contribution is 8.18. The molecule has 0 aliphatic carbocycles. The van der Waals surface area contributed by atoms with E-state index in [4.69, 9.17) is 0 Å². The van der Waals surface area contributed by atoms with E-state index in [9.17, 15) is 22.8 Å². The zero-order chi connectivity index (χ0) is 16.6. The number of amides is 2. The molecule has 23 heavy (non-hydrogen) atoms. The van der Waals surface area contributed by atoms with Crippen LogP contribution in [0.25, 0.3) is 11.8 Å². The van der Waals surface area contributed by atoms with E-state index >= 15 is 0 Å². The van der Waals surface area contributed by atoms with E-state index in [1.54, 1.807) is 18.3 Å². The van der Waals surface area contributed by atoms with Gasteiger partial charge in [-0.1, -0.05) is 6.07 Å². The number of nitrogens with zero attached hydrogens (tertiary/aromatic N) is 1. The van der Waals surface area contributed by atoms with Gasteiger partial charge in [-0.3, -0.25) is 14.9 Å². The highest BCUT2D eigenvalue weighted by Gasteiger charge is 2.30. The minimum atomic E-state index is -4.44. The van der Waals surface area contributed by atoms with Crippen molar-refractivity contribution in [3.63, 3.8) is 0 Å². The minimum Gasteiger partial charge on any atom is -0.317 e. The van der Waals surface area contributed by atoms with Crippen LogP contribution in [-0.2, 0) is 11.0 Å². The number of carbonyl (C=O) groups is 2. The smallest absolute Gasteiger partial charge is 0.317 e. The van der Waals surface area contributed by atoms with Gasteiger partial charge in [0.1, 0.15) is 0 Å². The number of nitrogens with one attached hydrogen (secondary N) is 1. The summed E-state index contributed by atoms with van der Waals surface area (Å²) < 4.78 is 40.0. The summed E-state index contributed by atoms with van der Waals surface area (Å²) in [5.74, 6) is -0.517. The van der Waals surface area contributed by atoms with Gasteiger partial charge in [0, 0.05) is 17.6 Å².